The fourth-order valence-corrected chi connectivity index (χ4v) is 3.22. The quantitative estimate of drug-likeness (QED) is 0.945. The number of aliphatic carboxylic acids is 1. The van der Waals surface area contributed by atoms with Gasteiger partial charge in [0.1, 0.15) is 6.04 Å². The molecule has 1 fully saturated rings. The SMILES string of the molecule is O=C(O)[C@H]1CCCN1C(=O)C(c1ccccc1)c1ccccc1. The third-order valence-electron chi connectivity index (χ3n) is 4.33. The Bertz CT molecular complexity index is 645. The minimum Gasteiger partial charge on any atom is -0.480 e. The molecule has 4 nitrogen and oxygen atoms in total. The van der Waals surface area contributed by atoms with E-state index in [0.717, 1.165) is 17.5 Å². The second-order valence-corrected chi connectivity index (χ2v) is 5.78. The third-order valence-corrected chi connectivity index (χ3v) is 4.33. The summed E-state index contributed by atoms with van der Waals surface area (Å²) in [6, 6.07) is 18.4. The van der Waals surface area contributed by atoms with Gasteiger partial charge in [0, 0.05) is 6.54 Å². The van der Waals surface area contributed by atoms with Crippen molar-refractivity contribution >= 4 is 11.9 Å². The van der Waals surface area contributed by atoms with Gasteiger partial charge in [-0.05, 0) is 24.0 Å². The molecule has 2 aromatic rings. The number of hydrogen-bond donors (Lipinski definition) is 1. The van der Waals surface area contributed by atoms with Crippen LogP contribution in [0.1, 0.15) is 29.9 Å². The Morgan fingerprint density at radius 1 is 0.957 bits per heavy atom. The highest BCUT2D eigenvalue weighted by Gasteiger charge is 2.38. The van der Waals surface area contributed by atoms with E-state index in [0.29, 0.717) is 13.0 Å². The molecule has 1 N–H and O–H groups in total. The summed E-state index contributed by atoms with van der Waals surface area (Å²) in [5.74, 6) is -1.51. The maximum Gasteiger partial charge on any atom is 0.326 e. The molecule has 2 aromatic carbocycles. The lowest BCUT2D eigenvalue weighted by Crippen LogP contribution is -2.43. The summed E-state index contributed by atoms with van der Waals surface area (Å²) in [6.45, 7) is 0.506. The van der Waals surface area contributed by atoms with Gasteiger partial charge < -0.3 is 10.0 Å². The van der Waals surface area contributed by atoms with Gasteiger partial charge in [-0.2, -0.15) is 0 Å². The maximum absolute atomic E-state index is 13.1. The Morgan fingerprint density at radius 3 is 1.96 bits per heavy atom. The van der Waals surface area contributed by atoms with E-state index in [9.17, 15) is 14.7 Å². The van der Waals surface area contributed by atoms with E-state index in [-0.39, 0.29) is 5.91 Å². The smallest absolute Gasteiger partial charge is 0.326 e. The number of carbonyl (C=O) groups is 2. The van der Waals surface area contributed by atoms with Crippen LogP contribution in [-0.2, 0) is 9.59 Å². The molecular formula is C19H19NO3. The first-order chi connectivity index (χ1) is 11.2. The minimum absolute atomic E-state index is 0.132. The van der Waals surface area contributed by atoms with E-state index in [1.54, 1.807) is 0 Å². The van der Waals surface area contributed by atoms with Crippen LogP contribution < -0.4 is 0 Å². The highest BCUT2D eigenvalue weighted by molar-refractivity contribution is 5.91. The first-order valence-electron chi connectivity index (χ1n) is 7.81. The molecule has 0 aliphatic carbocycles. The van der Waals surface area contributed by atoms with Crippen LogP contribution in [0.3, 0.4) is 0 Å². The molecule has 1 aliphatic heterocycles. The summed E-state index contributed by atoms with van der Waals surface area (Å²) in [4.78, 5) is 26.1. The fourth-order valence-electron chi connectivity index (χ4n) is 3.22. The molecule has 0 bridgehead atoms. The first kappa shape index (κ1) is 15.3. The largest absolute Gasteiger partial charge is 0.480 e. The molecule has 4 heteroatoms. The lowest BCUT2D eigenvalue weighted by molar-refractivity contribution is -0.148. The van der Waals surface area contributed by atoms with Crippen LogP contribution in [0.15, 0.2) is 60.7 Å². The van der Waals surface area contributed by atoms with E-state index in [1.807, 2.05) is 60.7 Å². The molecular weight excluding hydrogens is 290 g/mol. The average Bonchev–Trinajstić information content (AvgIpc) is 3.07. The van der Waals surface area contributed by atoms with Crippen molar-refractivity contribution in [3.8, 4) is 0 Å². The number of carboxylic acid groups (broad SMARTS) is 1. The second kappa shape index (κ2) is 6.65. The summed E-state index contributed by atoms with van der Waals surface area (Å²) in [5.41, 5.74) is 1.78. The van der Waals surface area contributed by atoms with Crippen molar-refractivity contribution in [2.45, 2.75) is 24.8 Å². The summed E-state index contributed by atoms with van der Waals surface area (Å²) in [5, 5.41) is 9.36. The summed E-state index contributed by atoms with van der Waals surface area (Å²) < 4.78 is 0. The molecule has 3 rings (SSSR count). The van der Waals surface area contributed by atoms with Crippen LogP contribution in [0.2, 0.25) is 0 Å². The number of amides is 1. The van der Waals surface area contributed by atoms with E-state index in [4.69, 9.17) is 0 Å². The first-order valence-corrected chi connectivity index (χ1v) is 7.81. The van der Waals surface area contributed by atoms with E-state index >= 15 is 0 Å². The van der Waals surface area contributed by atoms with Crippen LogP contribution in [-0.4, -0.2) is 34.5 Å². The highest BCUT2D eigenvalue weighted by atomic mass is 16.4. The van der Waals surface area contributed by atoms with Gasteiger partial charge in [-0.3, -0.25) is 4.79 Å². The Labute approximate surface area is 135 Å². The number of carboxylic acids is 1. The maximum atomic E-state index is 13.1. The van der Waals surface area contributed by atoms with Crippen molar-refractivity contribution in [1.29, 1.82) is 0 Å². The molecule has 118 valence electrons. The van der Waals surface area contributed by atoms with Gasteiger partial charge in [-0.1, -0.05) is 60.7 Å². The van der Waals surface area contributed by atoms with E-state index in [2.05, 4.69) is 0 Å². The third kappa shape index (κ3) is 3.11. The highest BCUT2D eigenvalue weighted by Crippen LogP contribution is 2.30. The Hall–Kier alpha value is -2.62. The van der Waals surface area contributed by atoms with Crippen molar-refractivity contribution in [2.24, 2.45) is 0 Å². The Morgan fingerprint density at radius 2 is 1.48 bits per heavy atom. The summed E-state index contributed by atoms with van der Waals surface area (Å²) >= 11 is 0. The van der Waals surface area contributed by atoms with E-state index < -0.39 is 17.9 Å². The zero-order valence-corrected chi connectivity index (χ0v) is 12.8. The van der Waals surface area contributed by atoms with Crippen molar-refractivity contribution in [3.05, 3.63) is 71.8 Å². The topological polar surface area (TPSA) is 57.6 Å². The Kier molecular flexibility index (Phi) is 4.42. The molecule has 1 heterocycles. The Balaban J connectivity index is 1.99. The normalized spacial score (nSPS) is 17.4. The minimum atomic E-state index is -0.921. The zero-order chi connectivity index (χ0) is 16.2. The molecule has 0 saturated carbocycles. The fraction of sp³-hybridized carbons (Fsp3) is 0.263. The molecule has 1 saturated heterocycles. The lowest BCUT2D eigenvalue weighted by atomic mass is 9.90. The lowest BCUT2D eigenvalue weighted by Gasteiger charge is -2.27. The number of hydrogen-bond acceptors (Lipinski definition) is 2. The van der Waals surface area contributed by atoms with Crippen LogP contribution in [0.5, 0.6) is 0 Å². The number of benzene rings is 2. The number of rotatable bonds is 4. The standard InChI is InChI=1S/C19H19NO3/c21-18(20-13-7-12-16(20)19(22)23)17(14-8-3-1-4-9-14)15-10-5-2-6-11-15/h1-6,8-11,16-17H,7,12-13H2,(H,22,23)/t16-/m1/s1. The van der Waals surface area contributed by atoms with Crippen molar-refractivity contribution in [3.63, 3.8) is 0 Å². The molecule has 1 aliphatic rings. The monoisotopic (exact) mass is 309 g/mol. The van der Waals surface area contributed by atoms with Crippen LogP contribution in [0.25, 0.3) is 0 Å². The number of carbonyl (C=O) groups excluding carboxylic acids is 1. The summed E-state index contributed by atoms with van der Waals surface area (Å²) in [7, 11) is 0. The predicted octanol–water partition coefficient (Wildman–Crippen LogP) is 2.89. The van der Waals surface area contributed by atoms with Crippen molar-refractivity contribution in [1.82, 2.24) is 4.90 Å². The van der Waals surface area contributed by atoms with E-state index in [1.165, 1.54) is 4.90 Å². The number of nitrogens with zero attached hydrogens (tertiary/aromatic N) is 1. The van der Waals surface area contributed by atoms with Gasteiger partial charge in [-0.25, -0.2) is 4.79 Å². The van der Waals surface area contributed by atoms with Gasteiger partial charge >= 0.3 is 5.97 Å². The molecule has 0 unspecified atom stereocenters. The molecule has 1 amide bonds. The number of likely N-dealkylation sites (tertiary alicyclic amines) is 1. The van der Waals surface area contributed by atoms with Crippen molar-refractivity contribution < 1.29 is 14.7 Å². The molecule has 1 atom stereocenters. The zero-order valence-electron chi connectivity index (χ0n) is 12.8. The average molecular weight is 309 g/mol. The van der Waals surface area contributed by atoms with Gasteiger partial charge in [0.05, 0.1) is 5.92 Å². The van der Waals surface area contributed by atoms with Crippen molar-refractivity contribution in [2.75, 3.05) is 6.54 Å². The van der Waals surface area contributed by atoms with Crippen LogP contribution >= 0.6 is 0 Å². The predicted molar refractivity (Wildman–Crippen MR) is 87.1 cm³/mol. The summed E-state index contributed by atoms with van der Waals surface area (Å²) in [6.07, 6.45) is 1.26. The van der Waals surface area contributed by atoms with Gasteiger partial charge in [0.25, 0.3) is 0 Å². The van der Waals surface area contributed by atoms with Gasteiger partial charge in [-0.15, -0.1) is 0 Å². The van der Waals surface area contributed by atoms with Crippen LogP contribution in [0.4, 0.5) is 0 Å². The van der Waals surface area contributed by atoms with Crippen LogP contribution in [0, 0.1) is 0 Å². The molecule has 0 spiro atoms. The van der Waals surface area contributed by atoms with Gasteiger partial charge in [0.15, 0.2) is 0 Å². The van der Waals surface area contributed by atoms with Gasteiger partial charge in [0.2, 0.25) is 5.91 Å². The molecule has 0 aromatic heterocycles. The molecule has 23 heavy (non-hydrogen) atoms. The molecule has 0 radical (unpaired) electrons. The second-order valence-electron chi connectivity index (χ2n) is 5.78.